The van der Waals surface area contributed by atoms with Gasteiger partial charge < -0.3 is 10.1 Å². The van der Waals surface area contributed by atoms with Gasteiger partial charge in [-0.1, -0.05) is 30.3 Å². The lowest BCUT2D eigenvalue weighted by atomic mass is 10.1. The first-order valence-electron chi connectivity index (χ1n) is 8.29. The highest BCUT2D eigenvalue weighted by atomic mass is 32.2. The maximum atomic E-state index is 12.1. The molecule has 1 atom stereocenters. The minimum absolute atomic E-state index is 0.0292. The number of amides is 1. The molecule has 0 bridgehead atoms. The van der Waals surface area contributed by atoms with E-state index in [0.29, 0.717) is 17.9 Å². The Morgan fingerprint density at radius 2 is 1.88 bits per heavy atom. The standard InChI is InChI=1S/C20H23NO3S/c1-15(22)17-8-6-9-18(14-17)24-16(2)20(23)21-12-7-13-25-19-10-4-3-5-11-19/h3-6,8-11,14,16H,7,12-13H2,1-2H3,(H,21,23). The van der Waals surface area contributed by atoms with Crippen LogP contribution in [0, 0.1) is 0 Å². The van der Waals surface area contributed by atoms with E-state index in [-0.39, 0.29) is 11.7 Å². The highest BCUT2D eigenvalue weighted by Crippen LogP contribution is 2.17. The smallest absolute Gasteiger partial charge is 0.260 e. The van der Waals surface area contributed by atoms with Crippen molar-refractivity contribution < 1.29 is 14.3 Å². The van der Waals surface area contributed by atoms with Crippen LogP contribution in [-0.2, 0) is 4.79 Å². The van der Waals surface area contributed by atoms with E-state index < -0.39 is 6.10 Å². The molecule has 4 nitrogen and oxygen atoms in total. The largest absolute Gasteiger partial charge is 0.481 e. The summed E-state index contributed by atoms with van der Waals surface area (Å²) in [5, 5.41) is 2.88. The number of hydrogen-bond acceptors (Lipinski definition) is 4. The fraction of sp³-hybridized carbons (Fsp3) is 0.300. The number of Topliss-reactive ketones (excluding diaryl/α,β-unsaturated/α-hetero) is 1. The molecule has 2 aromatic rings. The Hall–Kier alpha value is -2.27. The lowest BCUT2D eigenvalue weighted by molar-refractivity contribution is -0.127. The van der Waals surface area contributed by atoms with E-state index in [1.165, 1.54) is 11.8 Å². The molecule has 25 heavy (non-hydrogen) atoms. The van der Waals surface area contributed by atoms with Gasteiger partial charge >= 0.3 is 0 Å². The Morgan fingerprint density at radius 1 is 1.12 bits per heavy atom. The topological polar surface area (TPSA) is 55.4 Å². The summed E-state index contributed by atoms with van der Waals surface area (Å²) >= 11 is 1.77. The zero-order chi connectivity index (χ0) is 18.1. The number of nitrogens with one attached hydrogen (secondary N) is 1. The summed E-state index contributed by atoms with van der Waals surface area (Å²) in [6, 6.07) is 17.1. The molecule has 0 aliphatic heterocycles. The van der Waals surface area contributed by atoms with Crippen molar-refractivity contribution in [2.75, 3.05) is 12.3 Å². The predicted molar refractivity (Wildman–Crippen MR) is 101 cm³/mol. The van der Waals surface area contributed by atoms with Gasteiger partial charge in [0.1, 0.15) is 5.75 Å². The maximum absolute atomic E-state index is 12.1. The van der Waals surface area contributed by atoms with Crippen LogP contribution in [-0.4, -0.2) is 30.1 Å². The molecule has 0 saturated carbocycles. The molecule has 0 radical (unpaired) electrons. The number of carbonyl (C=O) groups is 2. The molecule has 2 aromatic carbocycles. The number of ether oxygens (including phenoxy) is 1. The van der Waals surface area contributed by atoms with Gasteiger partial charge in [-0.05, 0) is 50.3 Å². The summed E-state index contributed by atoms with van der Waals surface area (Å²) in [6.45, 7) is 3.82. The van der Waals surface area contributed by atoms with Crippen molar-refractivity contribution in [1.29, 1.82) is 0 Å². The van der Waals surface area contributed by atoms with E-state index in [4.69, 9.17) is 4.74 Å². The van der Waals surface area contributed by atoms with Crippen molar-refractivity contribution in [1.82, 2.24) is 5.32 Å². The molecule has 2 rings (SSSR count). The highest BCUT2D eigenvalue weighted by Gasteiger charge is 2.14. The lowest BCUT2D eigenvalue weighted by Crippen LogP contribution is -2.37. The molecule has 0 aliphatic rings. The van der Waals surface area contributed by atoms with Crippen LogP contribution in [0.4, 0.5) is 0 Å². The van der Waals surface area contributed by atoms with Crippen molar-refractivity contribution >= 4 is 23.5 Å². The fourth-order valence-corrected chi connectivity index (χ4v) is 3.05. The van der Waals surface area contributed by atoms with Crippen LogP contribution < -0.4 is 10.1 Å². The third kappa shape index (κ3) is 6.63. The second kappa shape index (κ2) is 9.89. The number of benzene rings is 2. The van der Waals surface area contributed by atoms with Crippen LogP contribution in [0.25, 0.3) is 0 Å². The van der Waals surface area contributed by atoms with Gasteiger partial charge in [-0.3, -0.25) is 9.59 Å². The van der Waals surface area contributed by atoms with Gasteiger partial charge in [-0.15, -0.1) is 11.8 Å². The van der Waals surface area contributed by atoms with Gasteiger partial charge in [-0.2, -0.15) is 0 Å². The summed E-state index contributed by atoms with van der Waals surface area (Å²) in [5.41, 5.74) is 0.572. The number of thioether (sulfide) groups is 1. The van der Waals surface area contributed by atoms with E-state index in [2.05, 4.69) is 17.4 Å². The van der Waals surface area contributed by atoms with E-state index in [1.807, 2.05) is 18.2 Å². The third-order valence-corrected chi connectivity index (χ3v) is 4.65. The first kappa shape index (κ1) is 19.1. The second-order valence-electron chi connectivity index (χ2n) is 5.65. The SMILES string of the molecule is CC(=O)c1cccc(OC(C)C(=O)NCCCSc2ccccc2)c1. The lowest BCUT2D eigenvalue weighted by Gasteiger charge is -2.15. The summed E-state index contributed by atoms with van der Waals surface area (Å²) in [4.78, 5) is 24.7. The van der Waals surface area contributed by atoms with Crippen LogP contribution in [0.2, 0.25) is 0 Å². The summed E-state index contributed by atoms with van der Waals surface area (Å²) < 4.78 is 5.62. The first-order valence-corrected chi connectivity index (χ1v) is 9.28. The average molecular weight is 357 g/mol. The van der Waals surface area contributed by atoms with E-state index in [0.717, 1.165) is 12.2 Å². The summed E-state index contributed by atoms with van der Waals surface area (Å²) in [7, 11) is 0. The Balaban J connectivity index is 1.69. The molecule has 132 valence electrons. The Morgan fingerprint density at radius 3 is 2.60 bits per heavy atom. The Kier molecular flexibility index (Phi) is 7.54. The van der Waals surface area contributed by atoms with Crippen molar-refractivity contribution in [3.8, 4) is 5.75 Å². The van der Waals surface area contributed by atoms with Crippen LogP contribution in [0.1, 0.15) is 30.6 Å². The maximum Gasteiger partial charge on any atom is 0.260 e. The molecule has 1 unspecified atom stereocenters. The fourth-order valence-electron chi connectivity index (χ4n) is 2.18. The van der Waals surface area contributed by atoms with Crippen LogP contribution in [0.3, 0.4) is 0 Å². The second-order valence-corrected chi connectivity index (χ2v) is 6.82. The molecule has 1 amide bonds. The minimum Gasteiger partial charge on any atom is -0.481 e. The normalized spacial score (nSPS) is 11.6. The molecule has 0 aliphatic carbocycles. The van der Waals surface area contributed by atoms with Crippen molar-refractivity contribution in [2.45, 2.75) is 31.3 Å². The summed E-state index contributed by atoms with van der Waals surface area (Å²) in [6.07, 6.45) is 0.279. The molecule has 0 heterocycles. The first-order chi connectivity index (χ1) is 12.1. The number of carbonyl (C=O) groups excluding carboxylic acids is 2. The van der Waals surface area contributed by atoms with Gasteiger partial charge in [0.05, 0.1) is 0 Å². The molecule has 0 fully saturated rings. The predicted octanol–water partition coefficient (Wildman–Crippen LogP) is 3.96. The monoisotopic (exact) mass is 357 g/mol. The zero-order valence-corrected chi connectivity index (χ0v) is 15.3. The molecule has 0 spiro atoms. The van der Waals surface area contributed by atoms with Gasteiger partial charge in [0.15, 0.2) is 11.9 Å². The van der Waals surface area contributed by atoms with Crippen LogP contribution in [0.5, 0.6) is 5.75 Å². The van der Waals surface area contributed by atoms with E-state index in [9.17, 15) is 9.59 Å². The van der Waals surface area contributed by atoms with Gasteiger partial charge in [0.2, 0.25) is 0 Å². The highest BCUT2D eigenvalue weighted by molar-refractivity contribution is 7.99. The van der Waals surface area contributed by atoms with Gasteiger partial charge in [0, 0.05) is 17.0 Å². The van der Waals surface area contributed by atoms with Crippen LogP contribution >= 0.6 is 11.8 Å². The van der Waals surface area contributed by atoms with Crippen LogP contribution in [0.15, 0.2) is 59.5 Å². The molecular weight excluding hydrogens is 334 g/mol. The van der Waals surface area contributed by atoms with E-state index in [1.54, 1.807) is 43.0 Å². The average Bonchev–Trinajstić information content (AvgIpc) is 2.62. The summed E-state index contributed by atoms with van der Waals surface area (Å²) in [5.74, 6) is 1.28. The molecule has 1 N–H and O–H groups in total. The molecule has 0 aromatic heterocycles. The molecule has 0 saturated heterocycles. The van der Waals surface area contributed by atoms with Crippen molar-refractivity contribution in [3.63, 3.8) is 0 Å². The number of rotatable bonds is 9. The third-order valence-electron chi connectivity index (χ3n) is 3.55. The quantitative estimate of drug-likeness (QED) is 0.419. The molecule has 5 heteroatoms. The van der Waals surface area contributed by atoms with Gasteiger partial charge in [-0.25, -0.2) is 0 Å². The Labute approximate surface area is 153 Å². The number of hydrogen-bond donors (Lipinski definition) is 1. The number of ketones is 1. The zero-order valence-electron chi connectivity index (χ0n) is 14.5. The minimum atomic E-state index is -0.607. The van der Waals surface area contributed by atoms with Gasteiger partial charge in [0.25, 0.3) is 5.91 Å². The van der Waals surface area contributed by atoms with E-state index >= 15 is 0 Å². The molecular formula is C20H23NO3S. The van der Waals surface area contributed by atoms with Crippen molar-refractivity contribution in [2.24, 2.45) is 0 Å². The Bertz CT molecular complexity index is 703. The van der Waals surface area contributed by atoms with Crippen molar-refractivity contribution in [3.05, 3.63) is 60.2 Å².